The zero-order valence-corrected chi connectivity index (χ0v) is 18.9. The Hall–Kier alpha value is -4.60. The van der Waals surface area contributed by atoms with Crippen LogP contribution < -0.4 is 11.4 Å². The molecule has 0 radical (unpaired) electrons. The molecule has 3 aromatic heterocycles. The fourth-order valence-electron chi connectivity index (χ4n) is 3.95. The van der Waals surface area contributed by atoms with Crippen molar-refractivity contribution in [3.05, 3.63) is 76.1 Å². The molecule has 34 heavy (non-hydrogen) atoms. The lowest BCUT2D eigenvalue weighted by molar-refractivity contribution is 0.842. The van der Waals surface area contributed by atoms with Gasteiger partial charge in [0.25, 0.3) is 0 Å². The number of rotatable bonds is 5. The number of imidazole rings is 1. The molecule has 0 fully saturated rings. The van der Waals surface area contributed by atoms with Gasteiger partial charge in [0.2, 0.25) is 0 Å². The van der Waals surface area contributed by atoms with E-state index < -0.39 is 0 Å². The molecule has 170 valence electrons. The van der Waals surface area contributed by atoms with Crippen LogP contribution in [0, 0.1) is 12.3 Å². The third-order valence-corrected chi connectivity index (χ3v) is 5.59. The number of hydrogen-bond donors (Lipinski definition) is 4. The number of aromatic amines is 2. The van der Waals surface area contributed by atoms with Gasteiger partial charge < -0.3 is 10.7 Å². The van der Waals surface area contributed by atoms with Gasteiger partial charge in [-0.3, -0.25) is 10.5 Å². The van der Waals surface area contributed by atoms with Crippen LogP contribution >= 0.6 is 0 Å². The Morgan fingerprint density at radius 1 is 1.00 bits per heavy atom. The van der Waals surface area contributed by atoms with Crippen molar-refractivity contribution >= 4 is 17.0 Å². The zero-order chi connectivity index (χ0) is 24.0. The van der Waals surface area contributed by atoms with E-state index in [9.17, 15) is 4.79 Å². The second kappa shape index (κ2) is 8.07. The molecular formula is C24H23N9O. The minimum atomic E-state index is -0.368. The molecule has 5 N–H and O–H groups in total. The summed E-state index contributed by atoms with van der Waals surface area (Å²) in [6.07, 6.45) is 0. The number of H-pyrrole nitrogens is 2. The van der Waals surface area contributed by atoms with Gasteiger partial charge >= 0.3 is 5.69 Å². The molecular weight excluding hydrogens is 430 g/mol. The van der Waals surface area contributed by atoms with E-state index in [0.29, 0.717) is 28.4 Å². The smallest absolute Gasteiger partial charge is 0.332 e. The molecule has 0 aliphatic rings. The minimum absolute atomic E-state index is 0.173. The van der Waals surface area contributed by atoms with E-state index in [1.165, 1.54) is 4.57 Å². The van der Waals surface area contributed by atoms with Crippen molar-refractivity contribution in [1.29, 1.82) is 5.41 Å². The maximum atomic E-state index is 13.1. The third kappa shape index (κ3) is 3.54. The number of hydrogen-bond acceptors (Lipinski definition) is 6. The van der Waals surface area contributed by atoms with Gasteiger partial charge in [0.15, 0.2) is 17.3 Å². The lowest BCUT2D eigenvalue weighted by Crippen LogP contribution is -2.17. The Morgan fingerprint density at radius 3 is 2.29 bits per heavy atom. The molecule has 10 nitrogen and oxygen atoms in total. The van der Waals surface area contributed by atoms with Crippen LogP contribution in [-0.2, 0) is 0 Å². The van der Waals surface area contributed by atoms with Gasteiger partial charge in [-0.2, -0.15) is 5.10 Å². The Morgan fingerprint density at radius 2 is 1.68 bits per heavy atom. The highest BCUT2D eigenvalue weighted by atomic mass is 16.1. The summed E-state index contributed by atoms with van der Waals surface area (Å²) < 4.78 is 1.52. The average Bonchev–Trinajstić information content (AvgIpc) is 3.40. The van der Waals surface area contributed by atoms with Crippen molar-refractivity contribution in [2.45, 2.75) is 26.7 Å². The van der Waals surface area contributed by atoms with Gasteiger partial charge in [-0.05, 0) is 24.5 Å². The molecule has 0 atom stereocenters. The highest BCUT2D eigenvalue weighted by molar-refractivity contribution is 6.03. The molecule has 5 rings (SSSR count). The fourth-order valence-corrected chi connectivity index (χ4v) is 3.95. The van der Waals surface area contributed by atoms with Crippen LogP contribution in [0.4, 0.5) is 0 Å². The number of aromatic nitrogens is 7. The molecule has 5 aromatic rings. The maximum Gasteiger partial charge on any atom is 0.332 e. The van der Waals surface area contributed by atoms with Gasteiger partial charge in [0.1, 0.15) is 22.9 Å². The predicted molar refractivity (Wildman–Crippen MR) is 130 cm³/mol. The lowest BCUT2D eigenvalue weighted by atomic mass is 10.0. The molecule has 0 aliphatic carbocycles. The molecule has 0 saturated carbocycles. The molecule has 0 unspecified atom stereocenters. The molecule has 0 amide bonds. The summed E-state index contributed by atoms with van der Waals surface area (Å²) in [5.41, 5.74) is 9.61. The third-order valence-electron chi connectivity index (χ3n) is 5.59. The minimum Gasteiger partial charge on any atom is -0.382 e. The van der Waals surface area contributed by atoms with Crippen molar-refractivity contribution in [3.8, 4) is 28.5 Å². The van der Waals surface area contributed by atoms with E-state index in [2.05, 4.69) is 39.0 Å². The highest BCUT2D eigenvalue weighted by Crippen LogP contribution is 2.27. The second-order valence-electron chi connectivity index (χ2n) is 8.31. The second-order valence-corrected chi connectivity index (χ2v) is 8.31. The van der Waals surface area contributed by atoms with Crippen LogP contribution in [0.2, 0.25) is 0 Å². The molecule has 0 bridgehead atoms. The largest absolute Gasteiger partial charge is 0.382 e. The molecule has 0 saturated heterocycles. The van der Waals surface area contributed by atoms with E-state index in [4.69, 9.17) is 16.1 Å². The SMILES string of the molecule is Cc1nc(-c2ccc(-c3nc(C(=N)N)c4[nH]c(=O)n(-c5ccccc5C(C)C)c4n3)cc2)n[nH]1. The standard InChI is InChI=1S/C24H23N9O/c1-12(2)16-6-4-5-7-17(16)33-23-19(29-24(33)34)18(20(25)26)28-21(30-23)14-8-10-15(11-9-14)22-27-13(3)31-32-22/h4-12H,1-3H3,(H3,25,26)(H,29,34)(H,27,31,32). The number of nitrogens with two attached hydrogens (primary N) is 1. The number of nitrogens with zero attached hydrogens (tertiary/aromatic N) is 5. The van der Waals surface area contributed by atoms with Crippen LogP contribution in [0.1, 0.15) is 36.8 Å². The summed E-state index contributed by atoms with van der Waals surface area (Å²) in [6.45, 7) is 5.97. The summed E-state index contributed by atoms with van der Waals surface area (Å²) in [7, 11) is 0. The monoisotopic (exact) mass is 453 g/mol. The Balaban J connectivity index is 1.71. The van der Waals surface area contributed by atoms with Crippen molar-refractivity contribution in [2.75, 3.05) is 0 Å². The van der Waals surface area contributed by atoms with Gasteiger partial charge in [-0.15, -0.1) is 0 Å². The summed E-state index contributed by atoms with van der Waals surface area (Å²) in [4.78, 5) is 29.4. The Kier molecular flexibility index (Phi) is 5.05. The number of nitrogens with one attached hydrogen (secondary N) is 3. The normalized spacial score (nSPS) is 11.4. The lowest BCUT2D eigenvalue weighted by Gasteiger charge is -2.13. The first-order valence-corrected chi connectivity index (χ1v) is 10.8. The van der Waals surface area contributed by atoms with E-state index in [0.717, 1.165) is 22.6 Å². The zero-order valence-electron chi connectivity index (χ0n) is 18.9. The van der Waals surface area contributed by atoms with Crippen LogP contribution in [0.5, 0.6) is 0 Å². The molecule has 10 heteroatoms. The topological polar surface area (TPSA) is 155 Å². The summed E-state index contributed by atoms with van der Waals surface area (Å²) >= 11 is 0. The average molecular weight is 454 g/mol. The number of para-hydroxylation sites is 1. The fraction of sp³-hybridized carbons (Fsp3) is 0.167. The highest BCUT2D eigenvalue weighted by Gasteiger charge is 2.21. The van der Waals surface area contributed by atoms with E-state index in [1.54, 1.807) is 0 Å². The van der Waals surface area contributed by atoms with Crippen molar-refractivity contribution < 1.29 is 0 Å². The van der Waals surface area contributed by atoms with Crippen LogP contribution in [0.25, 0.3) is 39.6 Å². The number of amidine groups is 1. The van der Waals surface area contributed by atoms with Crippen molar-refractivity contribution in [1.82, 2.24) is 34.7 Å². The van der Waals surface area contributed by atoms with E-state index in [1.807, 2.05) is 55.5 Å². The number of fused-ring (bicyclic) bond motifs is 1. The maximum absolute atomic E-state index is 13.1. The van der Waals surface area contributed by atoms with Gasteiger partial charge in [-0.25, -0.2) is 24.3 Å². The van der Waals surface area contributed by atoms with Crippen LogP contribution in [0.15, 0.2) is 53.3 Å². The first-order valence-electron chi connectivity index (χ1n) is 10.8. The first-order chi connectivity index (χ1) is 16.3. The summed E-state index contributed by atoms with van der Waals surface area (Å²) in [5, 5.41) is 15.1. The van der Waals surface area contributed by atoms with Gasteiger partial charge in [0.05, 0.1) is 5.69 Å². The van der Waals surface area contributed by atoms with E-state index >= 15 is 0 Å². The first kappa shape index (κ1) is 21.3. The number of benzene rings is 2. The molecule has 2 aromatic carbocycles. The van der Waals surface area contributed by atoms with Crippen molar-refractivity contribution in [3.63, 3.8) is 0 Å². The predicted octanol–water partition coefficient (Wildman–Crippen LogP) is 3.28. The Bertz CT molecular complexity index is 1590. The quantitative estimate of drug-likeness (QED) is 0.236. The number of nitrogen functional groups attached to an aromatic ring is 1. The van der Waals surface area contributed by atoms with Gasteiger partial charge in [0, 0.05) is 11.1 Å². The molecule has 3 heterocycles. The number of aryl methyl sites for hydroxylation is 1. The summed E-state index contributed by atoms with van der Waals surface area (Å²) in [6, 6.07) is 15.1. The summed E-state index contributed by atoms with van der Waals surface area (Å²) in [5.74, 6) is 1.60. The van der Waals surface area contributed by atoms with Crippen LogP contribution in [-0.4, -0.2) is 40.5 Å². The Labute approximate surface area is 194 Å². The van der Waals surface area contributed by atoms with E-state index in [-0.39, 0.29) is 23.1 Å². The van der Waals surface area contributed by atoms with Crippen LogP contribution in [0.3, 0.4) is 0 Å². The molecule has 0 aliphatic heterocycles. The van der Waals surface area contributed by atoms with Crippen molar-refractivity contribution in [2.24, 2.45) is 5.73 Å². The molecule has 0 spiro atoms. The van der Waals surface area contributed by atoms with Gasteiger partial charge in [-0.1, -0.05) is 56.3 Å².